The first-order chi connectivity index (χ1) is 9.35. The lowest BCUT2D eigenvalue weighted by Crippen LogP contribution is -2.21. The SMILES string of the molecule is O=Cc1cc(OCC2CCOCC2)cc(C2CC2)c1. The first-order valence-electron chi connectivity index (χ1n) is 7.16. The predicted molar refractivity (Wildman–Crippen MR) is 72.8 cm³/mol. The number of carbonyl (C=O) groups is 1. The summed E-state index contributed by atoms with van der Waals surface area (Å²) in [5.74, 6) is 2.07. The topological polar surface area (TPSA) is 35.5 Å². The van der Waals surface area contributed by atoms with Crippen molar-refractivity contribution >= 4 is 6.29 Å². The molecule has 0 bridgehead atoms. The molecule has 0 aromatic heterocycles. The van der Waals surface area contributed by atoms with Crippen LogP contribution in [-0.2, 0) is 4.74 Å². The molecule has 1 aromatic rings. The van der Waals surface area contributed by atoms with Crippen molar-refractivity contribution in [3.63, 3.8) is 0 Å². The second kappa shape index (κ2) is 5.74. The van der Waals surface area contributed by atoms with Gasteiger partial charge in [-0.1, -0.05) is 0 Å². The largest absolute Gasteiger partial charge is 0.493 e. The lowest BCUT2D eigenvalue weighted by Gasteiger charge is -2.22. The Bertz CT molecular complexity index is 445. The summed E-state index contributed by atoms with van der Waals surface area (Å²) in [4.78, 5) is 11.0. The van der Waals surface area contributed by atoms with Gasteiger partial charge in [0.1, 0.15) is 12.0 Å². The van der Waals surface area contributed by atoms with Crippen LogP contribution in [0.5, 0.6) is 5.75 Å². The van der Waals surface area contributed by atoms with E-state index in [1.165, 1.54) is 18.4 Å². The molecule has 1 aliphatic carbocycles. The molecule has 19 heavy (non-hydrogen) atoms. The van der Waals surface area contributed by atoms with Crippen LogP contribution >= 0.6 is 0 Å². The van der Waals surface area contributed by atoms with Crippen LogP contribution in [0.3, 0.4) is 0 Å². The molecule has 0 atom stereocenters. The maximum atomic E-state index is 11.0. The summed E-state index contributed by atoms with van der Waals surface area (Å²) in [6, 6.07) is 5.94. The lowest BCUT2D eigenvalue weighted by molar-refractivity contribution is 0.0497. The second-order valence-electron chi connectivity index (χ2n) is 5.59. The van der Waals surface area contributed by atoms with Crippen LogP contribution in [0.4, 0.5) is 0 Å². The number of rotatable bonds is 5. The van der Waals surface area contributed by atoms with Gasteiger partial charge in [-0.15, -0.1) is 0 Å². The quantitative estimate of drug-likeness (QED) is 0.763. The zero-order valence-electron chi connectivity index (χ0n) is 11.1. The summed E-state index contributed by atoms with van der Waals surface area (Å²) in [6.45, 7) is 2.42. The van der Waals surface area contributed by atoms with E-state index in [1.54, 1.807) is 0 Å². The molecular weight excluding hydrogens is 240 g/mol. The average Bonchev–Trinajstić information content (AvgIpc) is 3.30. The van der Waals surface area contributed by atoms with Crippen LogP contribution in [0.15, 0.2) is 18.2 Å². The summed E-state index contributed by atoms with van der Waals surface area (Å²) in [7, 11) is 0. The van der Waals surface area contributed by atoms with Crippen molar-refractivity contribution in [2.45, 2.75) is 31.6 Å². The van der Waals surface area contributed by atoms with Gasteiger partial charge in [0.25, 0.3) is 0 Å². The molecule has 3 rings (SSSR count). The maximum absolute atomic E-state index is 11.0. The molecule has 3 heteroatoms. The first kappa shape index (κ1) is 12.7. The average molecular weight is 260 g/mol. The Morgan fingerprint density at radius 1 is 1.16 bits per heavy atom. The standard InChI is InChI=1S/C16H20O3/c17-10-13-7-15(14-1-2-14)9-16(8-13)19-11-12-3-5-18-6-4-12/h7-10,12,14H,1-6,11H2. The summed E-state index contributed by atoms with van der Waals surface area (Å²) < 4.78 is 11.2. The number of benzene rings is 1. The third kappa shape index (κ3) is 3.35. The Labute approximate surface area is 113 Å². The molecule has 1 saturated carbocycles. The Morgan fingerprint density at radius 2 is 1.95 bits per heavy atom. The molecule has 1 heterocycles. The van der Waals surface area contributed by atoms with E-state index in [-0.39, 0.29) is 0 Å². The predicted octanol–water partition coefficient (Wildman–Crippen LogP) is 3.18. The molecule has 0 N–H and O–H groups in total. The number of carbonyl (C=O) groups excluding carboxylic acids is 1. The molecule has 0 amide bonds. The van der Waals surface area contributed by atoms with E-state index in [9.17, 15) is 4.79 Å². The molecule has 0 unspecified atom stereocenters. The highest BCUT2D eigenvalue weighted by Gasteiger charge is 2.24. The van der Waals surface area contributed by atoms with Gasteiger partial charge in [0.15, 0.2) is 0 Å². The van der Waals surface area contributed by atoms with Gasteiger partial charge in [0, 0.05) is 18.8 Å². The highest BCUT2D eigenvalue weighted by molar-refractivity contribution is 5.76. The minimum Gasteiger partial charge on any atom is -0.493 e. The van der Waals surface area contributed by atoms with Crippen molar-refractivity contribution < 1.29 is 14.3 Å². The summed E-state index contributed by atoms with van der Waals surface area (Å²) in [5.41, 5.74) is 1.98. The van der Waals surface area contributed by atoms with Gasteiger partial charge in [0.2, 0.25) is 0 Å². The van der Waals surface area contributed by atoms with Crippen LogP contribution in [0, 0.1) is 5.92 Å². The van der Waals surface area contributed by atoms with Crippen molar-refractivity contribution in [3.05, 3.63) is 29.3 Å². The van der Waals surface area contributed by atoms with E-state index >= 15 is 0 Å². The molecule has 1 aromatic carbocycles. The molecule has 2 aliphatic rings. The van der Waals surface area contributed by atoms with Gasteiger partial charge in [0.05, 0.1) is 6.61 Å². The van der Waals surface area contributed by atoms with Crippen LogP contribution in [-0.4, -0.2) is 26.1 Å². The first-order valence-corrected chi connectivity index (χ1v) is 7.16. The van der Waals surface area contributed by atoms with Gasteiger partial charge < -0.3 is 9.47 Å². The molecular formula is C16H20O3. The smallest absolute Gasteiger partial charge is 0.150 e. The van der Waals surface area contributed by atoms with Gasteiger partial charge in [-0.05, 0) is 61.3 Å². The Hall–Kier alpha value is -1.35. The van der Waals surface area contributed by atoms with E-state index in [0.29, 0.717) is 11.8 Å². The Morgan fingerprint density at radius 3 is 2.63 bits per heavy atom. The number of hydrogen-bond acceptors (Lipinski definition) is 3. The van der Waals surface area contributed by atoms with Crippen molar-refractivity contribution in [1.82, 2.24) is 0 Å². The van der Waals surface area contributed by atoms with Crippen LogP contribution in [0.1, 0.15) is 47.5 Å². The molecule has 0 radical (unpaired) electrons. The zero-order chi connectivity index (χ0) is 13.1. The monoisotopic (exact) mass is 260 g/mol. The van der Waals surface area contributed by atoms with E-state index in [0.717, 1.165) is 50.3 Å². The highest BCUT2D eigenvalue weighted by Crippen LogP contribution is 2.41. The van der Waals surface area contributed by atoms with Crippen molar-refractivity contribution in [2.24, 2.45) is 5.92 Å². The molecule has 1 saturated heterocycles. The second-order valence-corrected chi connectivity index (χ2v) is 5.59. The lowest BCUT2D eigenvalue weighted by atomic mass is 10.0. The minimum atomic E-state index is 0.581. The van der Waals surface area contributed by atoms with Gasteiger partial charge in [-0.25, -0.2) is 0 Å². The van der Waals surface area contributed by atoms with E-state index in [2.05, 4.69) is 6.07 Å². The summed E-state index contributed by atoms with van der Waals surface area (Å²) in [5, 5.41) is 0. The van der Waals surface area contributed by atoms with Crippen LogP contribution in [0.2, 0.25) is 0 Å². The van der Waals surface area contributed by atoms with Crippen LogP contribution < -0.4 is 4.74 Å². The van der Waals surface area contributed by atoms with Gasteiger partial charge >= 0.3 is 0 Å². The molecule has 102 valence electrons. The van der Waals surface area contributed by atoms with E-state index in [4.69, 9.17) is 9.47 Å². The van der Waals surface area contributed by atoms with Crippen molar-refractivity contribution in [2.75, 3.05) is 19.8 Å². The highest BCUT2D eigenvalue weighted by atomic mass is 16.5. The third-order valence-electron chi connectivity index (χ3n) is 3.96. The van der Waals surface area contributed by atoms with E-state index < -0.39 is 0 Å². The molecule has 1 aliphatic heterocycles. The summed E-state index contributed by atoms with van der Waals surface area (Å²) >= 11 is 0. The fraction of sp³-hybridized carbons (Fsp3) is 0.562. The van der Waals surface area contributed by atoms with Crippen molar-refractivity contribution in [1.29, 1.82) is 0 Å². The Balaban J connectivity index is 1.65. The number of ether oxygens (including phenoxy) is 2. The number of aldehydes is 1. The minimum absolute atomic E-state index is 0.581. The fourth-order valence-corrected chi connectivity index (χ4v) is 2.58. The van der Waals surface area contributed by atoms with Crippen LogP contribution in [0.25, 0.3) is 0 Å². The van der Waals surface area contributed by atoms with E-state index in [1.807, 2.05) is 12.1 Å². The summed E-state index contributed by atoms with van der Waals surface area (Å²) in [6.07, 6.45) is 5.53. The fourth-order valence-electron chi connectivity index (χ4n) is 2.58. The normalized spacial score (nSPS) is 20.2. The number of hydrogen-bond donors (Lipinski definition) is 0. The molecule has 0 spiro atoms. The third-order valence-corrected chi connectivity index (χ3v) is 3.96. The van der Waals surface area contributed by atoms with Gasteiger partial charge in [-0.3, -0.25) is 4.79 Å². The Kier molecular flexibility index (Phi) is 3.83. The zero-order valence-corrected chi connectivity index (χ0v) is 11.1. The maximum Gasteiger partial charge on any atom is 0.150 e. The van der Waals surface area contributed by atoms with Gasteiger partial charge in [-0.2, -0.15) is 0 Å². The molecule has 3 nitrogen and oxygen atoms in total. The van der Waals surface area contributed by atoms with Crippen molar-refractivity contribution in [3.8, 4) is 5.75 Å². The molecule has 2 fully saturated rings.